The van der Waals surface area contributed by atoms with Crippen molar-refractivity contribution in [1.82, 2.24) is 4.90 Å². The lowest BCUT2D eigenvalue weighted by Crippen LogP contribution is -2.26. The van der Waals surface area contributed by atoms with Gasteiger partial charge in [-0.2, -0.15) is 0 Å². The zero-order chi connectivity index (χ0) is 13.4. The molecule has 1 aromatic carbocycles. The van der Waals surface area contributed by atoms with Crippen LogP contribution in [0.15, 0.2) is 36.9 Å². The number of hydrogen-bond donors (Lipinski definition) is 1. The highest BCUT2D eigenvalue weighted by Crippen LogP contribution is 2.13. The molecular formula is C14H19NO3. The molecule has 0 heterocycles. The van der Waals surface area contributed by atoms with Crippen molar-refractivity contribution in [3.63, 3.8) is 0 Å². The van der Waals surface area contributed by atoms with Crippen LogP contribution in [0.1, 0.15) is 12.0 Å². The molecule has 1 N–H and O–H groups in total. The van der Waals surface area contributed by atoms with Gasteiger partial charge in [-0.15, -0.1) is 6.58 Å². The summed E-state index contributed by atoms with van der Waals surface area (Å²) in [7, 11) is 1.63. The van der Waals surface area contributed by atoms with Crippen LogP contribution in [-0.4, -0.2) is 36.2 Å². The third-order valence-electron chi connectivity index (χ3n) is 2.59. The van der Waals surface area contributed by atoms with E-state index in [1.807, 2.05) is 29.2 Å². The molecular weight excluding hydrogens is 230 g/mol. The zero-order valence-corrected chi connectivity index (χ0v) is 10.6. The monoisotopic (exact) mass is 249 g/mol. The Morgan fingerprint density at radius 2 is 2.11 bits per heavy atom. The lowest BCUT2D eigenvalue weighted by molar-refractivity contribution is -0.137. The summed E-state index contributed by atoms with van der Waals surface area (Å²) in [6.45, 7) is 5.60. The number of ether oxygens (including phenoxy) is 1. The van der Waals surface area contributed by atoms with Gasteiger partial charge in [-0.1, -0.05) is 18.2 Å². The maximum absolute atomic E-state index is 10.6. The van der Waals surface area contributed by atoms with E-state index < -0.39 is 5.97 Å². The Bertz CT molecular complexity index is 387. The van der Waals surface area contributed by atoms with Crippen LogP contribution in [0.25, 0.3) is 0 Å². The van der Waals surface area contributed by atoms with Crippen LogP contribution >= 0.6 is 0 Å². The Kier molecular flexibility index (Phi) is 5.94. The van der Waals surface area contributed by atoms with Gasteiger partial charge in [0.25, 0.3) is 0 Å². The fraction of sp³-hybridized carbons (Fsp3) is 0.357. The van der Waals surface area contributed by atoms with E-state index >= 15 is 0 Å². The molecule has 4 heteroatoms. The van der Waals surface area contributed by atoms with E-state index in [0.717, 1.165) is 11.3 Å². The second-order valence-corrected chi connectivity index (χ2v) is 4.02. The highest BCUT2D eigenvalue weighted by molar-refractivity contribution is 5.66. The van der Waals surface area contributed by atoms with Gasteiger partial charge in [0.2, 0.25) is 0 Å². The minimum absolute atomic E-state index is 0.143. The summed E-state index contributed by atoms with van der Waals surface area (Å²) < 4.78 is 5.09. The Balaban J connectivity index is 2.57. The predicted octanol–water partition coefficient (Wildman–Crippen LogP) is 2.16. The largest absolute Gasteiger partial charge is 0.497 e. The van der Waals surface area contributed by atoms with E-state index in [-0.39, 0.29) is 6.42 Å². The second-order valence-electron chi connectivity index (χ2n) is 4.02. The molecule has 0 amide bonds. The fourth-order valence-electron chi connectivity index (χ4n) is 1.66. The summed E-state index contributed by atoms with van der Waals surface area (Å²) in [6.07, 6.45) is 1.93. The molecule has 18 heavy (non-hydrogen) atoms. The molecule has 0 unspecified atom stereocenters. The summed E-state index contributed by atoms with van der Waals surface area (Å²) in [6, 6.07) is 7.77. The number of nitrogens with zero attached hydrogens (tertiary/aromatic N) is 1. The number of carboxylic acid groups (broad SMARTS) is 1. The van der Waals surface area contributed by atoms with Crippen molar-refractivity contribution in [3.8, 4) is 5.75 Å². The standard InChI is InChI=1S/C14H19NO3/c1-3-9-15(10-8-14(16)17)11-12-4-6-13(18-2)7-5-12/h3-7H,1,8-11H2,2H3,(H,16,17). The Labute approximate surface area is 107 Å². The number of benzene rings is 1. The first-order valence-electron chi connectivity index (χ1n) is 5.83. The average Bonchev–Trinajstić information content (AvgIpc) is 2.37. The van der Waals surface area contributed by atoms with Crippen LogP contribution in [0.4, 0.5) is 0 Å². The van der Waals surface area contributed by atoms with Gasteiger partial charge in [-0.3, -0.25) is 9.69 Å². The number of carboxylic acids is 1. The van der Waals surface area contributed by atoms with Crippen molar-refractivity contribution in [2.75, 3.05) is 20.2 Å². The van der Waals surface area contributed by atoms with Crippen LogP contribution in [0.2, 0.25) is 0 Å². The summed E-state index contributed by atoms with van der Waals surface area (Å²) in [5, 5.41) is 8.70. The Hall–Kier alpha value is -1.81. The maximum Gasteiger partial charge on any atom is 0.304 e. The Morgan fingerprint density at radius 3 is 2.61 bits per heavy atom. The van der Waals surface area contributed by atoms with Gasteiger partial charge in [-0.25, -0.2) is 0 Å². The van der Waals surface area contributed by atoms with E-state index in [1.165, 1.54) is 0 Å². The molecule has 0 saturated heterocycles. The minimum Gasteiger partial charge on any atom is -0.497 e. The van der Waals surface area contributed by atoms with Crippen LogP contribution in [0.3, 0.4) is 0 Å². The molecule has 0 aromatic heterocycles. The molecule has 1 rings (SSSR count). The third kappa shape index (κ3) is 5.01. The molecule has 98 valence electrons. The summed E-state index contributed by atoms with van der Waals surface area (Å²) in [4.78, 5) is 12.6. The molecule has 0 spiro atoms. The smallest absolute Gasteiger partial charge is 0.304 e. The van der Waals surface area contributed by atoms with E-state index in [2.05, 4.69) is 6.58 Å². The van der Waals surface area contributed by atoms with Crippen molar-refractivity contribution in [1.29, 1.82) is 0 Å². The van der Waals surface area contributed by atoms with Crippen LogP contribution in [0, 0.1) is 0 Å². The Morgan fingerprint density at radius 1 is 1.44 bits per heavy atom. The molecule has 1 aromatic rings. The van der Waals surface area contributed by atoms with Crippen LogP contribution in [-0.2, 0) is 11.3 Å². The summed E-state index contributed by atoms with van der Waals surface area (Å²) >= 11 is 0. The quantitative estimate of drug-likeness (QED) is 0.717. The first-order chi connectivity index (χ1) is 8.65. The van der Waals surface area contributed by atoms with Crippen molar-refractivity contribution in [2.45, 2.75) is 13.0 Å². The van der Waals surface area contributed by atoms with Gasteiger partial charge in [-0.05, 0) is 17.7 Å². The molecule has 4 nitrogen and oxygen atoms in total. The molecule has 0 aliphatic carbocycles. The third-order valence-corrected chi connectivity index (χ3v) is 2.59. The van der Waals surface area contributed by atoms with E-state index in [4.69, 9.17) is 9.84 Å². The van der Waals surface area contributed by atoms with E-state index in [9.17, 15) is 4.79 Å². The molecule has 0 fully saturated rings. The number of methoxy groups -OCH3 is 1. The molecule has 0 aliphatic rings. The minimum atomic E-state index is -0.779. The molecule has 0 radical (unpaired) electrons. The molecule has 0 aliphatic heterocycles. The maximum atomic E-state index is 10.6. The lowest BCUT2D eigenvalue weighted by atomic mass is 10.2. The van der Waals surface area contributed by atoms with E-state index in [1.54, 1.807) is 13.2 Å². The van der Waals surface area contributed by atoms with Gasteiger partial charge in [0, 0.05) is 19.6 Å². The van der Waals surface area contributed by atoms with E-state index in [0.29, 0.717) is 19.6 Å². The van der Waals surface area contributed by atoms with Crippen molar-refractivity contribution >= 4 is 5.97 Å². The van der Waals surface area contributed by atoms with Crippen molar-refractivity contribution < 1.29 is 14.6 Å². The summed E-state index contributed by atoms with van der Waals surface area (Å²) in [5.41, 5.74) is 1.13. The fourth-order valence-corrected chi connectivity index (χ4v) is 1.66. The first-order valence-corrected chi connectivity index (χ1v) is 5.83. The number of carbonyl (C=O) groups is 1. The number of hydrogen-bond acceptors (Lipinski definition) is 3. The second kappa shape index (κ2) is 7.50. The van der Waals surface area contributed by atoms with Gasteiger partial charge < -0.3 is 9.84 Å². The highest BCUT2D eigenvalue weighted by Gasteiger charge is 2.07. The SMILES string of the molecule is C=CCN(CCC(=O)O)Cc1ccc(OC)cc1. The van der Waals surface area contributed by atoms with Crippen LogP contribution in [0.5, 0.6) is 5.75 Å². The first kappa shape index (κ1) is 14.3. The number of aliphatic carboxylic acids is 1. The number of rotatable bonds is 8. The predicted molar refractivity (Wildman–Crippen MR) is 70.7 cm³/mol. The van der Waals surface area contributed by atoms with Gasteiger partial charge in [0.15, 0.2) is 0 Å². The van der Waals surface area contributed by atoms with Crippen molar-refractivity contribution in [3.05, 3.63) is 42.5 Å². The van der Waals surface area contributed by atoms with Gasteiger partial charge in [0.1, 0.15) is 5.75 Å². The molecule has 0 bridgehead atoms. The molecule has 0 saturated carbocycles. The molecule has 0 atom stereocenters. The zero-order valence-electron chi connectivity index (χ0n) is 10.6. The topological polar surface area (TPSA) is 49.8 Å². The van der Waals surface area contributed by atoms with Gasteiger partial charge >= 0.3 is 5.97 Å². The highest BCUT2D eigenvalue weighted by atomic mass is 16.5. The van der Waals surface area contributed by atoms with Crippen molar-refractivity contribution in [2.24, 2.45) is 0 Å². The lowest BCUT2D eigenvalue weighted by Gasteiger charge is -2.19. The van der Waals surface area contributed by atoms with Crippen LogP contribution < -0.4 is 4.74 Å². The normalized spacial score (nSPS) is 10.3. The van der Waals surface area contributed by atoms with Gasteiger partial charge in [0.05, 0.1) is 13.5 Å². The summed E-state index contributed by atoms with van der Waals surface area (Å²) in [5.74, 6) is 0.0401. The average molecular weight is 249 g/mol.